The molecule has 9 heteroatoms. The highest BCUT2D eigenvalue weighted by atomic mass is 16.5. The highest BCUT2D eigenvalue weighted by molar-refractivity contribution is 5.97. The minimum absolute atomic E-state index is 0.535. The number of rotatable bonds is 8. The van der Waals surface area contributed by atoms with E-state index in [4.69, 9.17) is 9.72 Å². The molecule has 36 heavy (non-hydrogen) atoms. The number of aliphatic imine (C=N–C) groups is 1. The van der Waals surface area contributed by atoms with Crippen molar-refractivity contribution in [3.8, 4) is 22.3 Å². The second kappa shape index (κ2) is 9.83. The summed E-state index contributed by atoms with van der Waals surface area (Å²) in [4.78, 5) is 14.0. The summed E-state index contributed by atoms with van der Waals surface area (Å²) in [6.45, 7) is 5.92. The number of nitrogens with zero attached hydrogens (tertiary/aromatic N) is 8. The summed E-state index contributed by atoms with van der Waals surface area (Å²) in [6.07, 6.45) is 14.6. The average molecular weight is 485 g/mol. The number of hydrogen-bond donors (Lipinski definition) is 0. The van der Waals surface area contributed by atoms with Crippen molar-refractivity contribution in [3.63, 3.8) is 0 Å². The quantitative estimate of drug-likeness (QED) is 0.358. The fourth-order valence-corrected chi connectivity index (χ4v) is 4.84. The zero-order valence-electron chi connectivity index (χ0n) is 20.9. The van der Waals surface area contributed by atoms with E-state index in [-0.39, 0.29) is 0 Å². The van der Waals surface area contributed by atoms with Gasteiger partial charge in [-0.15, -0.1) is 0 Å². The fourth-order valence-electron chi connectivity index (χ4n) is 4.84. The summed E-state index contributed by atoms with van der Waals surface area (Å²) in [5.41, 5.74) is 6.23. The maximum Gasteiger partial charge on any atom is 0.128 e. The minimum atomic E-state index is 0.535. The van der Waals surface area contributed by atoms with Gasteiger partial charge in [-0.2, -0.15) is 10.2 Å². The third-order valence-electron chi connectivity index (χ3n) is 6.99. The Morgan fingerprint density at radius 1 is 1.00 bits per heavy atom. The van der Waals surface area contributed by atoms with Gasteiger partial charge in [0.2, 0.25) is 0 Å². The molecule has 6 rings (SSSR count). The van der Waals surface area contributed by atoms with Crippen molar-refractivity contribution in [2.24, 2.45) is 12.0 Å². The first-order valence-corrected chi connectivity index (χ1v) is 12.7. The van der Waals surface area contributed by atoms with Crippen LogP contribution in [0, 0.1) is 0 Å². The maximum atomic E-state index is 5.82. The van der Waals surface area contributed by atoms with Crippen LogP contribution in [-0.2, 0) is 11.8 Å². The summed E-state index contributed by atoms with van der Waals surface area (Å²) in [5, 5.41) is 8.95. The fraction of sp³-hybridized carbons (Fsp3) is 0.407. The first-order valence-electron chi connectivity index (χ1n) is 12.7. The Kier molecular flexibility index (Phi) is 6.25. The van der Waals surface area contributed by atoms with Gasteiger partial charge in [0, 0.05) is 99.4 Å². The van der Waals surface area contributed by atoms with E-state index in [2.05, 4.69) is 43.2 Å². The van der Waals surface area contributed by atoms with E-state index >= 15 is 0 Å². The Morgan fingerprint density at radius 3 is 2.56 bits per heavy atom. The second-order valence-corrected chi connectivity index (χ2v) is 9.63. The van der Waals surface area contributed by atoms with E-state index < -0.39 is 0 Å². The molecule has 1 saturated carbocycles. The van der Waals surface area contributed by atoms with E-state index in [1.807, 2.05) is 53.4 Å². The van der Waals surface area contributed by atoms with Gasteiger partial charge in [-0.25, -0.2) is 9.50 Å². The van der Waals surface area contributed by atoms with Gasteiger partial charge in [0.25, 0.3) is 0 Å². The topological polar surface area (TPSA) is 76.1 Å². The van der Waals surface area contributed by atoms with Crippen LogP contribution in [0.5, 0.6) is 0 Å². The van der Waals surface area contributed by atoms with Gasteiger partial charge in [0.1, 0.15) is 5.82 Å². The zero-order valence-corrected chi connectivity index (χ0v) is 20.9. The van der Waals surface area contributed by atoms with Crippen LogP contribution in [-0.4, -0.2) is 88.0 Å². The molecular formula is C27H32N8O. The normalized spacial score (nSPS) is 17.0. The molecule has 0 N–H and O–H groups in total. The predicted octanol–water partition coefficient (Wildman–Crippen LogP) is 3.15. The number of aryl methyl sites for hydroxylation is 1. The van der Waals surface area contributed by atoms with Crippen molar-refractivity contribution >= 4 is 17.5 Å². The summed E-state index contributed by atoms with van der Waals surface area (Å²) in [7, 11) is 3.71. The van der Waals surface area contributed by atoms with Crippen LogP contribution in [0.3, 0.4) is 0 Å². The van der Waals surface area contributed by atoms with Crippen LogP contribution < -0.4 is 4.90 Å². The van der Waals surface area contributed by atoms with E-state index in [1.54, 1.807) is 7.05 Å². The van der Waals surface area contributed by atoms with Crippen LogP contribution in [0.15, 0.2) is 54.2 Å². The Hall–Kier alpha value is -3.56. The molecule has 9 nitrogen and oxygen atoms in total. The largest absolute Gasteiger partial charge is 0.377 e. The lowest BCUT2D eigenvalue weighted by Crippen LogP contribution is -2.47. The average Bonchev–Trinajstić information content (AvgIpc) is 3.49. The van der Waals surface area contributed by atoms with E-state index in [0.717, 1.165) is 78.5 Å². The molecule has 0 bridgehead atoms. The van der Waals surface area contributed by atoms with Gasteiger partial charge in [0.05, 0.1) is 30.6 Å². The molecule has 1 aliphatic heterocycles. The second-order valence-electron chi connectivity index (χ2n) is 9.63. The molecule has 0 atom stereocenters. The van der Waals surface area contributed by atoms with Crippen molar-refractivity contribution in [3.05, 3.63) is 54.7 Å². The Balaban J connectivity index is 1.24. The Labute approximate surface area is 211 Å². The maximum absolute atomic E-state index is 5.82. The number of ether oxygens (including phenoxy) is 1. The van der Waals surface area contributed by atoms with E-state index in [1.165, 1.54) is 12.8 Å². The molecular weight excluding hydrogens is 452 g/mol. The van der Waals surface area contributed by atoms with Crippen LogP contribution in [0.1, 0.15) is 18.4 Å². The molecule has 2 aliphatic rings. The van der Waals surface area contributed by atoms with Crippen LogP contribution in [0.25, 0.3) is 27.8 Å². The van der Waals surface area contributed by atoms with Crippen LogP contribution >= 0.6 is 0 Å². The first kappa shape index (κ1) is 22.9. The molecule has 0 spiro atoms. The molecule has 0 unspecified atom stereocenters. The van der Waals surface area contributed by atoms with Gasteiger partial charge in [0.15, 0.2) is 0 Å². The van der Waals surface area contributed by atoms with Crippen molar-refractivity contribution in [2.75, 3.05) is 51.3 Å². The van der Waals surface area contributed by atoms with Gasteiger partial charge >= 0.3 is 0 Å². The number of anilines is 1. The van der Waals surface area contributed by atoms with Crippen LogP contribution in [0.4, 0.5) is 5.82 Å². The number of fused-ring (bicyclic) bond motifs is 1. The van der Waals surface area contributed by atoms with Gasteiger partial charge in [-0.3, -0.25) is 14.6 Å². The lowest BCUT2D eigenvalue weighted by atomic mass is 10.0. The van der Waals surface area contributed by atoms with Gasteiger partial charge in [-0.05, 0) is 31.0 Å². The Bertz CT molecular complexity index is 1360. The third-order valence-corrected chi connectivity index (χ3v) is 6.99. The van der Waals surface area contributed by atoms with Gasteiger partial charge in [-0.1, -0.05) is 0 Å². The third kappa shape index (κ3) is 4.76. The first-order chi connectivity index (χ1) is 17.7. The number of piperazine rings is 1. The van der Waals surface area contributed by atoms with Crippen molar-refractivity contribution in [2.45, 2.75) is 18.9 Å². The smallest absolute Gasteiger partial charge is 0.128 e. The number of pyridine rings is 2. The number of aromatic nitrogens is 5. The molecule has 2 fully saturated rings. The highest BCUT2D eigenvalue weighted by Crippen LogP contribution is 2.32. The molecule has 5 heterocycles. The lowest BCUT2D eigenvalue weighted by molar-refractivity contribution is 0.0899. The minimum Gasteiger partial charge on any atom is -0.377 e. The highest BCUT2D eigenvalue weighted by Gasteiger charge is 2.23. The van der Waals surface area contributed by atoms with Crippen molar-refractivity contribution in [1.82, 2.24) is 29.3 Å². The molecule has 4 aromatic rings. The molecule has 0 amide bonds. The summed E-state index contributed by atoms with van der Waals surface area (Å²) < 4.78 is 9.56. The standard InChI is InChI=1S/C27H32N8O/c1-28-14-22-16-31-35-19-21(23-17-30-32(2)18-23)13-25(27(22)35)20-3-6-26(29-15-20)34-9-7-33(8-10-34)11-12-36-24-4-5-24/h3,6,13-19,24H,4-5,7-12H2,1-2H3/b28-14-. The molecule has 4 aromatic heterocycles. The summed E-state index contributed by atoms with van der Waals surface area (Å²) in [6, 6.07) is 6.50. The van der Waals surface area contributed by atoms with E-state index in [0.29, 0.717) is 6.10 Å². The molecule has 0 radical (unpaired) electrons. The Morgan fingerprint density at radius 2 is 1.86 bits per heavy atom. The zero-order chi connectivity index (χ0) is 24.5. The molecule has 1 aliphatic carbocycles. The van der Waals surface area contributed by atoms with E-state index in [9.17, 15) is 0 Å². The van der Waals surface area contributed by atoms with Gasteiger partial charge < -0.3 is 9.64 Å². The SMILES string of the molecule is C/N=C\c1cnn2cc(-c3cnn(C)c3)cc(-c3ccc(N4CCN(CCOC5CC5)CC4)nc3)c12. The molecule has 1 saturated heterocycles. The van der Waals surface area contributed by atoms with Crippen molar-refractivity contribution < 1.29 is 4.74 Å². The monoisotopic (exact) mass is 484 g/mol. The summed E-state index contributed by atoms with van der Waals surface area (Å²) >= 11 is 0. The molecule has 186 valence electrons. The van der Waals surface area contributed by atoms with Crippen LogP contribution in [0.2, 0.25) is 0 Å². The van der Waals surface area contributed by atoms with Crippen molar-refractivity contribution in [1.29, 1.82) is 0 Å². The molecule has 0 aromatic carbocycles. The number of hydrogen-bond acceptors (Lipinski definition) is 7. The summed E-state index contributed by atoms with van der Waals surface area (Å²) in [5.74, 6) is 1.02. The predicted molar refractivity (Wildman–Crippen MR) is 142 cm³/mol. The lowest BCUT2D eigenvalue weighted by Gasteiger charge is -2.35.